The first-order valence-corrected chi connectivity index (χ1v) is 10.6. The predicted molar refractivity (Wildman–Crippen MR) is 109 cm³/mol. The van der Waals surface area contributed by atoms with Crippen molar-refractivity contribution in [2.24, 2.45) is 0 Å². The van der Waals surface area contributed by atoms with Crippen LogP contribution >= 0.6 is 0 Å². The van der Waals surface area contributed by atoms with E-state index in [1.165, 1.54) is 17.0 Å². The third-order valence-electron chi connectivity index (χ3n) is 5.69. The molecule has 32 heavy (non-hydrogen) atoms. The second-order valence-corrected chi connectivity index (χ2v) is 9.30. The van der Waals surface area contributed by atoms with Gasteiger partial charge in [-0.05, 0) is 57.7 Å². The van der Waals surface area contributed by atoms with Crippen LogP contribution in [0.25, 0.3) is 0 Å². The van der Waals surface area contributed by atoms with Crippen LogP contribution in [0.2, 0.25) is 0 Å². The number of benzene rings is 1. The molecule has 3 rings (SSSR count). The van der Waals surface area contributed by atoms with Gasteiger partial charge >= 0.3 is 12.5 Å². The number of hydrogen-bond acceptors (Lipinski definition) is 5. The number of alkyl halides is 3. The molecule has 10 heteroatoms. The van der Waals surface area contributed by atoms with Crippen LogP contribution < -0.4 is 4.74 Å². The van der Waals surface area contributed by atoms with Crippen LogP contribution in [-0.2, 0) is 9.53 Å². The van der Waals surface area contributed by atoms with Crippen LogP contribution in [-0.4, -0.2) is 70.7 Å². The van der Waals surface area contributed by atoms with Gasteiger partial charge in [0.2, 0.25) is 5.91 Å². The zero-order chi connectivity index (χ0) is 23.7. The average molecular weight is 458 g/mol. The van der Waals surface area contributed by atoms with Crippen molar-refractivity contribution in [2.45, 2.75) is 63.5 Å². The average Bonchev–Trinajstić information content (AvgIpc) is 2.65. The number of carbonyl (C=O) groups is 2. The zero-order valence-corrected chi connectivity index (χ0v) is 18.4. The lowest BCUT2D eigenvalue weighted by Gasteiger charge is -2.45. The number of nitrogens with zero attached hydrogens (tertiary/aromatic N) is 2. The fraction of sp³-hybridized carbons (Fsp3) is 0.636. The minimum Gasteiger partial charge on any atom is -0.444 e. The molecule has 1 aliphatic heterocycles. The van der Waals surface area contributed by atoms with Crippen molar-refractivity contribution in [2.75, 3.05) is 26.2 Å². The third-order valence-corrected chi connectivity index (χ3v) is 5.69. The quantitative estimate of drug-likeness (QED) is 0.745. The van der Waals surface area contributed by atoms with Gasteiger partial charge in [-0.1, -0.05) is 12.1 Å². The van der Waals surface area contributed by atoms with E-state index in [2.05, 4.69) is 4.74 Å². The van der Waals surface area contributed by atoms with Crippen molar-refractivity contribution >= 4 is 12.0 Å². The lowest BCUT2D eigenvalue weighted by Crippen LogP contribution is -2.56. The molecular weight excluding hydrogens is 429 g/mol. The van der Waals surface area contributed by atoms with Crippen molar-refractivity contribution in [1.29, 1.82) is 0 Å². The molecular formula is C22H29F3N2O5. The van der Waals surface area contributed by atoms with Crippen LogP contribution in [0, 0.1) is 0 Å². The molecule has 2 fully saturated rings. The van der Waals surface area contributed by atoms with E-state index in [0.717, 1.165) is 18.6 Å². The normalized spacial score (nSPS) is 19.7. The second-order valence-electron chi connectivity index (χ2n) is 9.30. The minimum atomic E-state index is -4.81. The highest BCUT2D eigenvalue weighted by molar-refractivity contribution is 5.85. The van der Waals surface area contributed by atoms with Gasteiger partial charge in [-0.25, -0.2) is 4.79 Å². The van der Waals surface area contributed by atoms with Gasteiger partial charge in [0, 0.05) is 26.2 Å². The summed E-state index contributed by atoms with van der Waals surface area (Å²) in [5.41, 5.74) is -1.43. The SMILES string of the molecule is CC(C)(C)OC(=O)N1CCN(C(=O)C(c2ccc(OC(F)(F)F)cc2)C2(O)CCC2)CC1. The Hall–Kier alpha value is -2.49. The highest BCUT2D eigenvalue weighted by atomic mass is 19.4. The second kappa shape index (κ2) is 8.80. The maximum Gasteiger partial charge on any atom is 0.573 e. The highest BCUT2D eigenvalue weighted by Gasteiger charge is 2.48. The van der Waals surface area contributed by atoms with Gasteiger partial charge < -0.3 is 24.4 Å². The molecule has 2 amide bonds. The monoisotopic (exact) mass is 458 g/mol. The molecule has 2 aliphatic rings. The first-order chi connectivity index (χ1) is 14.8. The number of aliphatic hydroxyl groups is 1. The molecule has 1 aliphatic carbocycles. The number of rotatable bonds is 4. The Morgan fingerprint density at radius 1 is 1.00 bits per heavy atom. The molecule has 1 atom stereocenters. The summed E-state index contributed by atoms with van der Waals surface area (Å²) < 4.78 is 46.6. The van der Waals surface area contributed by atoms with Gasteiger partial charge in [0.05, 0.1) is 11.5 Å². The van der Waals surface area contributed by atoms with Crippen LogP contribution in [0.3, 0.4) is 0 Å². The van der Waals surface area contributed by atoms with Crippen molar-refractivity contribution in [1.82, 2.24) is 9.80 Å². The van der Waals surface area contributed by atoms with E-state index in [1.807, 2.05) is 0 Å². The van der Waals surface area contributed by atoms with Crippen molar-refractivity contribution < 1.29 is 37.3 Å². The maximum absolute atomic E-state index is 13.4. The van der Waals surface area contributed by atoms with Gasteiger partial charge in [0.15, 0.2) is 0 Å². The summed E-state index contributed by atoms with van der Waals surface area (Å²) in [5.74, 6) is -1.59. The first-order valence-electron chi connectivity index (χ1n) is 10.6. The van der Waals surface area contributed by atoms with E-state index in [1.54, 1.807) is 25.7 Å². The van der Waals surface area contributed by atoms with Crippen LogP contribution in [0.1, 0.15) is 51.5 Å². The molecule has 178 valence electrons. The molecule has 1 aromatic rings. The molecule has 1 aromatic carbocycles. The minimum absolute atomic E-state index is 0.278. The van der Waals surface area contributed by atoms with Crippen molar-refractivity contribution in [3.63, 3.8) is 0 Å². The number of piperazine rings is 1. The Kier molecular flexibility index (Phi) is 6.65. The summed E-state index contributed by atoms with van der Waals surface area (Å²) in [6.45, 7) is 6.48. The first kappa shape index (κ1) is 24.2. The van der Waals surface area contributed by atoms with E-state index in [4.69, 9.17) is 4.74 Å². The zero-order valence-electron chi connectivity index (χ0n) is 18.4. The fourth-order valence-electron chi connectivity index (χ4n) is 3.99. The highest BCUT2D eigenvalue weighted by Crippen LogP contribution is 2.45. The summed E-state index contributed by atoms with van der Waals surface area (Å²) in [5, 5.41) is 11.0. The molecule has 0 spiro atoms. The lowest BCUT2D eigenvalue weighted by atomic mass is 9.68. The number of amides is 2. The molecule has 1 heterocycles. The molecule has 0 radical (unpaired) electrons. The van der Waals surface area contributed by atoms with E-state index >= 15 is 0 Å². The maximum atomic E-state index is 13.4. The molecule has 7 nitrogen and oxygen atoms in total. The third kappa shape index (κ3) is 5.85. The largest absolute Gasteiger partial charge is 0.573 e. The van der Waals surface area contributed by atoms with Crippen LogP contribution in [0.4, 0.5) is 18.0 Å². The molecule has 1 N–H and O–H groups in total. The molecule has 1 saturated heterocycles. The van der Waals surface area contributed by atoms with Gasteiger partial charge in [-0.2, -0.15) is 0 Å². The molecule has 1 saturated carbocycles. The number of carbonyl (C=O) groups excluding carboxylic acids is 2. The summed E-state index contributed by atoms with van der Waals surface area (Å²) in [7, 11) is 0. The summed E-state index contributed by atoms with van der Waals surface area (Å²) in [6.07, 6.45) is -3.62. The summed E-state index contributed by atoms with van der Waals surface area (Å²) >= 11 is 0. The number of ether oxygens (including phenoxy) is 2. The predicted octanol–water partition coefficient (Wildman–Crippen LogP) is 3.66. The Morgan fingerprint density at radius 2 is 1.53 bits per heavy atom. The molecule has 0 bridgehead atoms. The van der Waals surface area contributed by atoms with Crippen molar-refractivity contribution in [3.05, 3.63) is 29.8 Å². The Morgan fingerprint density at radius 3 is 1.97 bits per heavy atom. The van der Waals surface area contributed by atoms with Crippen LogP contribution in [0.5, 0.6) is 5.75 Å². The van der Waals surface area contributed by atoms with Gasteiger partial charge in [-0.3, -0.25) is 4.79 Å². The van der Waals surface area contributed by atoms with E-state index in [0.29, 0.717) is 31.5 Å². The van der Waals surface area contributed by atoms with Gasteiger partial charge in [0.25, 0.3) is 0 Å². The lowest BCUT2D eigenvalue weighted by molar-refractivity contribution is -0.274. The summed E-state index contributed by atoms with van der Waals surface area (Å²) in [6, 6.07) is 5.06. The van der Waals surface area contributed by atoms with E-state index in [-0.39, 0.29) is 24.7 Å². The van der Waals surface area contributed by atoms with E-state index < -0.39 is 29.6 Å². The fourth-order valence-corrected chi connectivity index (χ4v) is 3.99. The van der Waals surface area contributed by atoms with Gasteiger partial charge in [-0.15, -0.1) is 13.2 Å². The van der Waals surface area contributed by atoms with Crippen molar-refractivity contribution in [3.8, 4) is 5.75 Å². The Labute approximate surface area is 185 Å². The Balaban J connectivity index is 1.71. The standard InChI is InChI=1S/C22H29F3N2O5/c1-20(2,3)32-19(29)27-13-11-26(12-14-27)18(28)17(21(30)9-4-10-21)15-5-7-16(8-6-15)31-22(23,24)25/h5-8,17,30H,4,9-14H2,1-3H3. The smallest absolute Gasteiger partial charge is 0.444 e. The topological polar surface area (TPSA) is 79.3 Å². The van der Waals surface area contributed by atoms with Crippen LogP contribution in [0.15, 0.2) is 24.3 Å². The number of halogens is 3. The van der Waals surface area contributed by atoms with E-state index in [9.17, 15) is 27.9 Å². The molecule has 1 unspecified atom stereocenters. The van der Waals surface area contributed by atoms with Gasteiger partial charge in [0.1, 0.15) is 11.4 Å². The molecule has 0 aromatic heterocycles. The Bertz CT molecular complexity index is 823. The summed E-state index contributed by atoms with van der Waals surface area (Å²) in [4.78, 5) is 28.8. The number of hydrogen-bond donors (Lipinski definition) is 1.